The van der Waals surface area contributed by atoms with E-state index in [0.29, 0.717) is 11.1 Å². The highest BCUT2D eigenvalue weighted by Gasteiger charge is 2.21. The lowest BCUT2D eigenvalue weighted by atomic mass is 9.96. The molecule has 0 heterocycles. The van der Waals surface area contributed by atoms with E-state index in [9.17, 15) is 13.2 Å². The van der Waals surface area contributed by atoms with Gasteiger partial charge in [0.1, 0.15) is 17.5 Å². The van der Waals surface area contributed by atoms with Gasteiger partial charge in [0.2, 0.25) is 0 Å². The van der Waals surface area contributed by atoms with Crippen molar-refractivity contribution in [2.75, 3.05) is 0 Å². The monoisotopic (exact) mass is 314 g/mol. The van der Waals surface area contributed by atoms with Crippen LogP contribution in [0, 0.1) is 24.4 Å². The zero-order valence-corrected chi connectivity index (χ0v) is 12.0. The third kappa shape index (κ3) is 3.37. The van der Waals surface area contributed by atoms with E-state index in [1.807, 2.05) is 0 Å². The van der Waals surface area contributed by atoms with Gasteiger partial charge in [-0.3, -0.25) is 11.3 Å². The first-order valence-corrected chi connectivity index (χ1v) is 6.66. The maximum atomic E-state index is 14.1. The van der Waals surface area contributed by atoms with Gasteiger partial charge in [0.15, 0.2) is 0 Å². The second kappa shape index (κ2) is 6.47. The highest BCUT2D eigenvalue weighted by molar-refractivity contribution is 6.30. The van der Waals surface area contributed by atoms with Gasteiger partial charge in [-0.25, -0.2) is 13.2 Å². The molecule has 0 saturated carbocycles. The van der Waals surface area contributed by atoms with Crippen LogP contribution >= 0.6 is 11.6 Å². The summed E-state index contributed by atoms with van der Waals surface area (Å²) < 4.78 is 41.4. The largest absolute Gasteiger partial charge is 0.271 e. The van der Waals surface area contributed by atoms with Crippen LogP contribution in [0.25, 0.3) is 0 Å². The van der Waals surface area contributed by atoms with Crippen LogP contribution in [-0.2, 0) is 6.42 Å². The Labute approximate surface area is 125 Å². The van der Waals surface area contributed by atoms with E-state index >= 15 is 0 Å². The molecule has 0 aliphatic rings. The molecule has 0 aliphatic heterocycles. The standard InChI is InChI=1S/C15H14ClF3N2/c1-8-2-5-11(17)14(15(8)19)13(21-20)7-9-3-4-10(16)12(18)6-9/h2-6,13,21H,7,20H2,1H3. The van der Waals surface area contributed by atoms with E-state index in [1.165, 1.54) is 31.2 Å². The Bertz CT molecular complexity index is 662. The summed E-state index contributed by atoms with van der Waals surface area (Å²) in [6.45, 7) is 1.54. The molecule has 0 spiro atoms. The van der Waals surface area contributed by atoms with Crippen molar-refractivity contribution >= 4 is 11.6 Å². The first-order valence-electron chi connectivity index (χ1n) is 6.28. The van der Waals surface area contributed by atoms with Gasteiger partial charge in [-0.05, 0) is 42.7 Å². The van der Waals surface area contributed by atoms with Crippen molar-refractivity contribution in [3.05, 3.63) is 69.5 Å². The van der Waals surface area contributed by atoms with E-state index in [-0.39, 0.29) is 17.0 Å². The molecule has 0 fully saturated rings. The fraction of sp³-hybridized carbons (Fsp3) is 0.200. The van der Waals surface area contributed by atoms with Gasteiger partial charge < -0.3 is 0 Å². The third-order valence-electron chi connectivity index (χ3n) is 3.29. The normalized spacial score (nSPS) is 12.5. The summed E-state index contributed by atoms with van der Waals surface area (Å²) in [5.41, 5.74) is 3.06. The molecule has 3 N–H and O–H groups in total. The molecular formula is C15H14ClF3N2. The molecule has 1 unspecified atom stereocenters. The van der Waals surface area contributed by atoms with E-state index < -0.39 is 23.5 Å². The van der Waals surface area contributed by atoms with Crippen LogP contribution in [0.4, 0.5) is 13.2 Å². The minimum Gasteiger partial charge on any atom is -0.271 e. The Morgan fingerprint density at radius 1 is 1.14 bits per heavy atom. The van der Waals surface area contributed by atoms with Crippen molar-refractivity contribution < 1.29 is 13.2 Å². The van der Waals surface area contributed by atoms with Crippen molar-refractivity contribution in [3.63, 3.8) is 0 Å². The smallest absolute Gasteiger partial charge is 0.142 e. The van der Waals surface area contributed by atoms with Crippen LogP contribution in [0.1, 0.15) is 22.7 Å². The molecule has 0 bridgehead atoms. The van der Waals surface area contributed by atoms with Crippen molar-refractivity contribution in [1.29, 1.82) is 0 Å². The number of hydrogen-bond donors (Lipinski definition) is 2. The third-order valence-corrected chi connectivity index (χ3v) is 3.60. The predicted octanol–water partition coefficient (Wildman–Crippen LogP) is 3.81. The van der Waals surface area contributed by atoms with E-state index in [2.05, 4.69) is 5.43 Å². The van der Waals surface area contributed by atoms with Crippen LogP contribution in [0.5, 0.6) is 0 Å². The summed E-state index contributed by atoms with van der Waals surface area (Å²) in [5.74, 6) is 3.46. The summed E-state index contributed by atoms with van der Waals surface area (Å²) >= 11 is 5.60. The zero-order valence-electron chi connectivity index (χ0n) is 11.3. The van der Waals surface area contributed by atoms with Crippen LogP contribution < -0.4 is 11.3 Å². The second-order valence-electron chi connectivity index (χ2n) is 4.76. The number of benzene rings is 2. The lowest BCUT2D eigenvalue weighted by Gasteiger charge is -2.19. The Balaban J connectivity index is 2.36. The average molecular weight is 315 g/mol. The Morgan fingerprint density at radius 3 is 2.48 bits per heavy atom. The summed E-state index contributed by atoms with van der Waals surface area (Å²) in [7, 11) is 0. The highest BCUT2D eigenvalue weighted by Crippen LogP contribution is 2.26. The van der Waals surface area contributed by atoms with Gasteiger partial charge in [-0.1, -0.05) is 23.7 Å². The molecule has 2 aromatic rings. The van der Waals surface area contributed by atoms with Crippen molar-refractivity contribution in [3.8, 4) is 0 Å². The van der Waals surface area contributed by atoms with Gasteiger partial charge >= 0.3 is 0 Å². The fourth-order valence-electron chi connectivity index (χ4n) is 2.14. The number of halogens is 4. The maximum Gasteiger partial charge on any atom is 0.142 e. The molecule has 112 valence electrons. The maximum absolute atomic E-state index is 14.1. The van der Waals surface area contributed by atoms with Crippen LogP contribution in [0.2, 0.25) is 5.02 Å². The van der Waals surface area contributed by atoms with Crippen molar-refractivity contribution in [2.45, 2.75) is 19.4 Å². The fourth-order valence-corrected chi connectivity index (χ4v) is 2.26. The lowest BCUT2D eigenvalue weighted by Crippen LogP contribution is -2.31. The molecule has 0 amide bonds. The van der Waals surface area contributed by atoms with Gasteiger partial charge in [0.05, 0.1) is 11.1 Å². The molecular weight excluding hydrogens is 301 g/mol. The zero-order chi connectivity index (χ0) is 15.6. The molecule has 0 radical (unpaired) electrons. The van der Waals surface area contributed by atoms with Gasteiger partial charge in [-0.15, -0.1) is 0 Å². The number of aryl methyl sites for hydroxylation is 1. The number of nitrogens with two attached hydrogens (primary N) is 1. The number of hydrogen-bond acceptors (Lipinski definition) is 2. The van der Waals surface area contributed by atoms with Gasteiger partial charge in [0, 0.05) is 5.56 Å². The highest BCUT2D eigenvalue weighted by atomic mass is 35.5. The molecule has 0 aromatic heterocycles. The SMILES string of the molecule is Cc1ccc(F)c(C(Cc2ccc(Cl)c(F)c2)NN)c1F. The topological polar surface area (TPSA) is 38.0 Å². The van der Waals surface area contributed by atoms with Gasteiger partial charge in [-0.2, -0.15) is 0 Å². The molecule has 0 saturated heterocycles. The predicted molar refractivity (Wildman–Crippen MR) is 76.3 cm³/mol. The quantitative estimate of drug-likeness (QED) is 0.665. The lowest BCUT2D eigenvalue weighted by molar-refractivity contribution is 0.469. The first kappa shape index (κ1) is 15.8. The molecule has 21 heavy (non-hydrogen) atoms. The first-order chi connectivity index (χ1) is 9.93. The minimum atomic E-state index is -0.814. The number of rotatable bonds is 4. The van der Waals surface area contributed by atoms with Crippen LogP contribution in [-0.4, -0.2) is 0 Å². The van der Waals surface area contributed by atoms with Crippen LogP contribution in [0.15, 0.2) is 30.3 Å². The molecule has 0 aliphatic carbocycles. The summed E-state index contributed by atoms with van der Waals surface area (Å²) in [6.07, 6.45) is 0.127. The Morgan fingerprint density at radius 2 is 1.86 bits per heavy atom. The summed E-state index contributed by atoms with van der Waals surface area (Å²) in [6, 6.07) is 5.91. The molecule has 6 heteroatoms. The van der Waals surface area contributed by atoms with E-state index in [4.69, 9.17) is 17.4 Å². The van der Waals surface area contributed by atoms with Crippen molar-refractivity contribution in [1.82, 2.24) is 5.43 Å². The van der Waals surface area contributed by atoms with Gasteiger partial charge in [0.25, 0.3) is 0 Å². The van der Waals surface area contributed by atoms with E-state index in [0.717, 1.165) is 0 Å². The number of nitrogens with one attached hydrogen (secondary N) is 1. The Hall–Kier alpha value is -1.56. The average Bonchev–Trinajstić information content (AvgIpc) is 2.46. The molecule has 2 rings (SSSR count). The number of hydrazine groups is 1. The van der Waals surface area contributed by atoms with Crippen LogP contribution in [0.3, 0.4) is 0 Å². The molecule has 2 aromatic carbocycles. The molecule has 1 atom stereocenters. The molecule has 2 nitrogen and oxygen atoms in total. The second-order valence-corrected chi connectivity index (χ2v) is 5.17. The van der Waals surface area contributed by atoms with E-state index in [1.54, 1.807) is 6.07 Å². The Kier molecular flexibility index (Phi) is 4.88. The summed E-state index contributed by atoms with van der Waals surface area (Å²) in [4.78, 5) is 0. The minimum absolute atomic E-state index is 0.0103. The van der Waals surface area contributed by atoms with Crippen molar-refractivity contribution in [2.24, 2.45) is 5.84 Å². The summed E-state index contributed by atoms with van der Waals surface area (Å²) in [5, 5.41) is -0.0103.